The number of aromatic nitrogens is 1. The molecule has 1 aliphatic heterocycles. The fraction of sp³-hybridized carbons (Fsp3) is 0.346. The van der Waals surface area contributed by atoms with Crippen LogP contribution in [0.2, 0.25) is 5.02 Å². The summed E-state index contributed by atoms with van der Waals surface area (Å²) in [6, 6.07) is 14.1. The first kappa shape index (κ1) is 25.4. The normalized spacial score (nSPS) is 14.0. The van der Waals surface area contributed by atoms with Crippen LogP contribution in [0.1, 0.15) is 45.4 Å². The standard InChI is InChI=1S/C26H30ClN5OS2/c1-17-4-5-18(14-22(17)27)15-28-24(33)23-16-35-25(30-23)19-10-12-32(13-11-19)26(34)29-20-6-8-21(9-7-20)31(2)3/h4-9,14,16,19H,10-13,15H2,1-3H3,(H,28,33)(H,29,34). The van der Waals surface area contributed by atoms with Crippen molar-refractivity contribution in [2.75, 3.05) is 37.4 Å². The summed E-state index contributed by atoms with van der Waals surface area (Å²) in [6.07, 6.45) is 1.91. The molecule has 0 radical (unpaired) electrons. The first-order valence-electron chi connectivity index (χ1n) is 11.6. The Hall–Kier alpha value is -2.68. The second-order valence-corrected chi connectivity index (χ2v) is 10.7. The van der Waals surface area contributed by atoms with Gasteiger partial charge < -0.3 is 20.4 Å². The number of amides is 1. The third-order valence-corrected chi connectivity index (χ3v) is 7.98. The number of hydrogen-bond acceptors (Lipinski definition) is 5. The average molecular weight is 528 g/mol. The van der Waals surface area contributed by atoms with Crippen molar-refractivity contribution in [1.82, 2.24) is 15.2 Å². The van der Waals surface area contributed by atoms with Gasteiger partial charge in [0.25, 0.3) is 5.91 Å². The lowest BCUT2D eigenvalue weighted by atomic mass is 9.98. The highest BCUT2D eigenvalue weighted by Gasteiger charge is 2.25. The Morgan fingerprint density at radius 3 is 2.57 bits per heavy atom. The number of nitrogens with one attached hydrogen (secondary N) is 2. The molecule has 1 saturated heterocycles. The number of thiazole rings is 1. The third-order valence-electron chi connectivity index (χ3n) is 6.21. The van der Waals surface area contributed by atoms with E-state index in [2.05, 4.69) is 37.6 Å². The van der Waals surface area contributed by atoms with Gasteiger partial charge in [-0.25, -0.2) is 4.98 Å². The van der Waals surface area contributed by atoms with Crippen LogP contribution in [0.3, 0.4) is 0 Å². The Morgan fingerprint density at radius 2 is 1.91 bits per heavy atom. The molecule has 1 fully saturated rings. The summed E-state index contributed by atoms with van der Waals surface area (Å²) in [5.41, 5.74) is 4.61. The number of thiocarbonyl (C=S) groups is 1. The molecule has 1 amide bonds. The van der Waals surface area contributed by atoms with E-state index in [1.54, 1.807) is 11.3 Å². The quantitative estimate of drug-likeness (QED) is 0.402. The predicted molar refractivity (Wildman–Crippen MR) is 150 cm³/mol. The Morgan fingerprint density at radius 1 is 1.20 bits per heavy atom. The zero-order valence-electron chi connectivity index (χ0n) is 20.2. The van der Waals surface area contributed by atoms with Gasteiger partial charge in [0.2, 0.25) is 0 Å². The van der Waals surface area contributed by atoms with Crippen LogP contribution < -0.4 is 15.5 Å². The smallest absolute Gasteiger partial charge is 0.271 e. The van der Waals surface area contributed by atoms with Crippen LogP contribution >= 0.6 is 35.2 Å². The van der Waals surface area contributed by atoms with Crippen molar-refractivity contribution in [1.29, 1.82) is 0 Å². The van der Waals surface area contributed by atoms with Crippen molar-refractivity contribution >= 4 is 57.5 Å². The van der Waals surface area contributed by atoms with Gasteiger partial charge >= 0.3 is 0 Å². The highest BCUT2D eigenvalue weighted by atomic mass is 35.5. The van der Waals surface area contributed by atoms with Gasteiger partial charge in [-0.05, 0) is 73.4 Å². The van der Waals surface area contributed by atoms with E-state index in [9.17, 15) is 4.79 Å². The molecule has 2 N–H and O–H groups in total. The van der Waals surface area contributed by atoms with Gasteiger partial charge in [0.05, 0.1) is 5.01 Å². The number of hydrogen-bond donors (Lipinski definition) is 2. The van der Waals surface area contributed by atoms with E-state index in [1.807, 2.05) is 56.7 Å². The number of aryl methyl sites for hydroxylation is 1. The molecule has 2 aromatic carbocycles. The molecule has 3 aromatic rings. The van der Waals surface area contributed by atoms with Crippen molar-refractivity contribution in [2.45, 2.75) is 32.2 Å². The fourth-order valence-electron chi connectivity index (χ4n) is 3.97. The molecular formula is C26H30ClN5OS2. The van der Waals surface area contributed by atoms with Gasteiger partial charge in [-0.15, -0.1) is 11.3 Å². The maximum Gasteiger partial charge on any atom is 0.271 e. The van der Waals surface area contributed by atoms with Crippen molar-refractivity contribution in [3.8, 4) is 0 Å². The maximum atomic E-state index is 12.6. The lowest BCUT2D eigenvalue weighted by Gasteiger charge is -2.33. The number of piperidine rings is 1. The Labute approximate surface area is 221 Å². The number of anilines is 2. The number of benzene rings is 2. The number of rotatable bonds is 6. The topological polar surface area (TPSA) is 60.5 Å². The van der Waals surface area contributed by atoms with Crippen LogP contribution in [0.15, 0.2) is 47.8 Å². The zero-order chi connectivity index (χ0) is 24.9. The molecule has 0 bridgehead atoms. The first-order valence-corrected chi connectivity index (χ1v) is 13.3. The molecule has 0 unspecified atom stereocenters. The Bertz CT molecular complexity index is 1190. The maximum absolute atomic E-state index is 12.6. The second-order valence-electron chi connectivity index (χ2n) is 8.97. The van der Waals surface area contributed by atoms with E-state index < -0.39 is 0 Å². The molecule has 0 spiro atoms. The summed E-state index contributed by atoms with van der Waals surface area (Å²) in [4.78, 5) is 21.5. The summed E-state index contributed by atoms with van der Waals surface area (Å²) in [7, 11) is 4.05. The summed E-state index contributed by atoms with van der Waals surface area (Å²) < 4.78 is 0. The number of nitrogens with zero attached hydrogens (tertiary/aromatic N) is 3. The third kappa shape index (κ3) is 6.51. The van der Waals surface area contributed by atoms with E-state index >= 15 is 0 Å². The molecule has 2 heterocycles. The van der Waals surface area contributed by atoms with Gasteiger partial charge in [-0.1, -0.05) is 23.7 Å². The first-order chi connectivity index (χ1) is 16.8. The van der Waals surface area contributed by atoms with E-state index in [1.165, 1.54) is 0 Å². The fourth-order valence-corrected chi connectivity index (χ4v) is 5.45. The average Bonchev–Trinajstić information content (AvgIpc) is 3.35. The van der Waals surface area contributed by atoms with Crippen molar-refractivity contribution in [2.24, 2.45) is 0 Å². The molecule has 35 heavy (non-hydrogen) atoms. The molecule has 184 valence electrons. The van der Waals surface area contributed by atoms with Crippen LogP contribution in [0.5, 0.6) is 0 Å². The van der Waals surface area contributed by atoms with Crippen molar-refractivity contribution < 1.29 is 4.79 Å². The van der Waals surface area contributed by atoms with Gasteiger partial charge in [0.15, 0.2) is 5.11 Å². The van der Waals surface area contributed by atoms with Gasteiger partial charge in [-0.2, -0.15) is 0 Å². The van der Waals surface area contributed by atoms with Crippen LogP contribution in [-0.4, -0.2) is 48.1 Å². The zero-order valence-corrected chi connectivity index (χ0v) is 22.6. The summed E-state index contributed by atoms with van der Waals surface area (Å²) in [5, 5.41) is 10.6. The van der Waals surface area contributed by atoms with Gasteiger partial charge in [-0.3, -0.25) is 4.79 Å². The minimum atomic E-state index is -0.160. The molecule has 0 saturated carbocycles. The molecule has 1 aromatic heterocycles. The minimum Gasteiger partial charge on any atom is -0.378 e. The highest BCUT2D eigenvalue weighted by Crippen LogP contribution is 2.31. The lowest BCUT2D eigenvalue weighted by Crippen LogP contribution is -2.40. The number of likely N-dealkylation sites (tertiary alicyclic amines) is 1. The predicted octanol–water partition coefficient (Wildman–Crippen LogP) is 5.68. The van der Waals surface area contributed by atoms with Crippen LogP contribution in [0.25, 0.3) is 0 Å². The van der Waals surface area contributed by atoms with Crippen LogP contribution in [0, 0.1) is 6.92 Å². The van der Waals surface area contributed by atoms with Crippen molar-refractivity contribution in [3.63, 3.8) is 0 Å². The monoisotopic (exact) mass is 527 g/mol. The van der Waals surface area contributed by atoms with Crippen LogP contribution in [0.4, 0.5) is 11.4 Å². The summed E-state index contributed by atoms with van der Waals surface area (Å²) in [5.74, 6) is 0.183. The molecule has 0 atom stereocenters. The summed E-state index contributed by atoms with van der Waals surface area (Å²) in [6.45, 7) is 4.11. The van der Waals surface area contributed by atoms with E-state index in [0.29, 0.717) is 23.2 Å². The SMILES string of the molecule is Cc1ccc(CNC(=O)c2csc(C3CCN(C(=S)Nc4ccc(N(C)C)cc4)CC3)n2)cc1Cl. The molecule has 6 nitrogen and oxygen atoms in total. The van der Waals surface area contributed by atoms with Gasteiger partial charge in [0, 0.05) is 61.4 Å². The summed E-state index contributed by atoms with van der Waals surface area (Å²) >= 11 is 13.4. The molecule has 9 heteroatoms. The van der Waals surface area contributed by atoms with Crippen molar-refractivity contribution in [3.05, 3.63) is 74.7 Å². The lowest BCUT2D eigenvalue weighted by molar-refractivity contribution is 0.0946. The van der Waals surface area contributed by atoms with Gasteiger partial charge in [0.1, 0.15) is 5.69 Å². The molecule has 0 aliphatic carbocycles. The highest BCUT2D eigenvalue weighted by molar-refractivity contribution is 7.80. The minimum absolute atomic E-state index is 0.160. The largest absolute Gasteiger partial charge is 0.378 e. The Kier molecular flexibility index (Phi) is 8.26. The molecular weight excluding hydrogens is 498 g/mol. The van der Waals surface area contributed by atoms with E-state index in [0.717, 1.165) is 58.6 Å². The van der Waals surface area contributed by atoms with E-state index in [-0.39, 0.29) is 5.91 Å². The van der Waals surface area contributed by atoms with E-state index in [4.69, 9.17) is 23.8 Å². The number of carbonyl (C=O) groups excluding carboxylic acids is 1. The Balaban J connectivity index is 1.26. The number of halogens is 1. The van der Waals surface area contributed by atoms with Crippen LogP contribution in [-0.2, 0) is 6.54 Å². The number of carbonyl (C=O) groups is 1. The molecule has 1 aliphatic rings. The second kappa shape index (κ2) is 11.4. The molecule has 4 rings (SSSR count).